The number of nitrogens with zero attached hydrogens (tertiary/aromatic N) is 1. The molecular formula is C10H9FN2O. The molecule has 1 aromatic rings. The lowest BCUT2D eigenvalue weighted by Gasteiger charge is -2.12. The van der Waals surface area contributed by atoms with Crippen LogP contribution in [0, 0.1) is 17.1 Å². The SMILES string of the molecule is N#Cc1c(F)ccc(C2(N)CC2)c1O. The minimum atomic E-state index is -0.710. The summed E-state index contributed by atoms with van der Waals surface area (Å²) in [4.78, 5) is 0. The molecule has 0 radical (unpaired) electrons. The molecule has 0 saturated heterocycles. The van der Waals surface area contributed by atoms with Crippen LogP contribution in [0.4, 0.5) is 4.39 Å². The van der Waals surface area contributed by atoms with Gasteiger partial charge in [0.25, 0.3) is 0 Å². The minimum absolute atomic E-state index is 0.312. The summed E-state index contributed by atoms with van der Waals surface area (Å²) < 4.78 is 13.0. The van der Waals surface area contributed by atoms with Gasteiger partial charge in [0, 0.05) is 11.1 Å². The zero-order valence-corrected chi connectivity index (χ0v) is 7.42. The maximum atomic E-state index is 13.0. The van der Waals surface area contributed by atoms with Crippen molar-refractivity contribution in [2.24, 2.45) is 5.73 Å². The number of hydrogen-bond acceptors (Lipinski definition) is 3. The van der Waals surface area contributed by atoms with E-state index in [2.05, 4.69) is 0 Å². The molecule has 0 unspecified atom stereocenters. The van der Waals surface area contributed by atoms with Gasteiger partial charge in [-0.05, 0) is 18.9 Å². The molecule has 3 nitrogen and oxygen atoms in total. The molecule has 0 bridgehead atoms. The molecular weight excluding hydrogens is 183 g/mol. The van der Waals surface area contributed by atoms with Gasteiger partial charge in [-0.2, -0.15) is 5.26 Å². The Morgan fingerprint density at radius 1 is 1.50 bits per heavy atom. The zero-order valence-electron chi connectivity index (χ0n) is 7.42. The number of hydrogen-bond donors (Lipinski definition) is 2. The van der Waals surface area contributed by atoms with E-state index in [1.165, 1.54) is 12.1 Å². The Kier molecular flexibility index (Phi) is 1.73. The summed E-state index contributed by atoms with van der Waals surface area (Å²) >= 11 is 0. The lowest BCUT2D eigenvalue weighted by atomic mass is 10.0. The molecule has 3 N–H and O–H groups in total. The highest BCUT2D eigenvalue weighted by molar-refractivity contribution is 5.52. The van der Waals surface area contributed by atoms with Crippen molar-refractivity contribution in [3.8, 4) is 11.8 Å². The molecule has 2 rings (SSSR count). The molecule has 0 aliphatic heterocycles. The van der Waals surface area contributed by atoms with Crippen LogP contribution in [0.3, 0.4) is 0 Å². The smallest absolute Gasteiger partial charge is 0.144 e. The van der Waals surface area contributed by atoms with Crippen molar-refractivity contribution in [2.75, 3.05) is 0 Å². The van der Waals surface area contributed by atoms with Gasteiger partial charge in [0.1, 0.15) is 23.2 Å². The van der Waals surface area contributed by atoms with E-state index < -0.39 is 11.4 Å². The number of nitriles is 1. The lowest BCUT2D eigenvalue weighted by Crippen LogP contribution is -2.19. The Morgan fingerprint density at radius 3 is 2.64 bits per heavy atom. The first-order valence-electron chi connectivity index (χ1n) is 4.29. The molecule has 0 spiro atoms. The second-order valence-corrected chi connectivity index (χ2v) is 3.59. The van der Waals surface area contributed by atoms with Crippen molar-refractivity contribution in [1.82, 2.24) is 0 Å². The molecule has 1 saturated carbocycles. The lowest BCUT2D eigenvalue weighted by molar-refractivity contribution is 0.451. The molecule has 1 aliphatic rings. The van der Waals surface area contributed by atoms with E-state index in [9.17, 15) is 9.50 Å². The summed E-state index contributed by atoms with van der Waals surface area (Å²) in [6.07, 6.45) is 1.52. The number of rotatable bonds is 1. The number of nitrogens with two attached hydrogens (primary N) is 1. The second kappa shape index (κ2) is 2.69. The largest absolute Gasteiger partial charge is 0.506 e. The van der Waals surface area contributed by atoms with E-state index in [0.29, 0.717) is 5.56 Å². The Bertz CT molecular complexity index is 432. The molecule has 4 heteroatoms. The number of phenolic OH excluding ortho intramolecular Hbond substituents is 1. The van der Waals surface area contributed by atoms with Gasteiger partial charge in [-0.25, -0.2) is 4.39 Å². The fourth-order valence-corrected chi connectivity index (χ4v) is 1.48. The summed E-state index contributed by atoms with van der Waals surface area (Å²) in [5, 5.41) is 18.2. The van der Waals surface area contributed by atoms with E-state index in [1.54, 1.807) is 6.07 Å². The normalized spacial score (nSPS) is 17.5. The van der Waals surface area contributed by atoms with Crippen LogP contribution >= 0.6 is 0 Å². The van der Waals surface area contributed by atoms with Crippen LogP contribution in [0.25, 0.3) is 0 Å². The van der Waals surface area contributed by atoms with Crippen molar-refractivity contribution in [1.29, 1.82) is 5.26 Å². The number of aromatic hydroxyl groups is 1. The molecule has 72 valence electrons. The Hall–Kier alpha value is -1.60. The van der Waals surface area contributed by atoms with Crippen LogP contribution in [-0.4, -0.2) is 5.11 Å². The molecule has 1 fully saturated rings. The van der Waals surface area contributed by atoms with Gasteiger partial charge in [-0.1, -0.05) is 6.07 Å². The quantitative estimate of drug-likeness (QED) is 0.705. The average molecular weight is 192 g/mol. The third-order valence-corrected chi connectivity index (χ3v) is 2.56. The predicted octanol–water partition coefficient (Wildman–Crippen LogP) is 1.35. The van der Waals surface area contributed by atoms with Crippen LogP contribution in [0.1, 0.15) is 24.0 Å². The van der Waals surface area contributed by atoms with Crippen molar-refractivity contribution in [3.63, 3.8) is 0 Å². The first-order valence-corrected chi connectivity index (χ1v) is 4.29. The van der Waals surface area contributed by atoms with Crippen LogP contribution in [0.5, 0.6) is 5.75 Å². The zero-order chi connectivity index (χ0) is 10.3. The summed E-state index contributed by atoms with van der Waals surface area (Å²) in [5.41, 5.74) is 5.45. The topological polar surface area (TPSA) is 70.0 Å². The summed E-state index contributed by atoms with van der Waals surface area (Å²) in [7, 11) is 0. The van der Waals surface area contributed by atoms with E-state index in [4.69, 9.17) is 11.0 Å². The molecule has 1 aliphatic carbocycles. The standard InChI is InChI=1S/C10H9FN2O/c11-8-2-1-7(10(13)3-4-10)9(14)6(8)5-12/h1-2,14H,3-4,13H2. The first-order chi connectivity index (χ1) is 6.58. The summed E-state index contributed by atoms with van der Waals surface area (Å²) in [6, 6.07) is 4.23. The highest BCUT2D eigenvalue weighted by Gasteiger charge is 2.42. The van der Waals surface area contributed by atoms with Gasteiger partial charge in [-0.3, -0.25) is 0 Å². The van der Waals surface area contributed by atoms with Crippen molar-refractivity contribution < 1.29 is 9.50 Å². The Balaban J connectivity index is 2.60. The van der Waals surface area contributed by atoms with E-state index in [0.717, 1.165) is 12.8 Å². The molecule has 0 amide bonds. The van der Waals surface area contributed by atoms with Crippen LogP contribution in [0.2, 0.25) is 0 Å². The third kappa shape index (κ3) is 1.14. The van der Waals surface area contributed by atoms with Gasteiger partial charge < -0.3 is 10.8 Å². The van der Waals surface area contributed by atoms with Crippen molar-refractivity contribution in [2.45, 2.75) is 18.4 Å². The summed E-state index contributed by atoms with van der Waals surface area (Å²) in [5.74, 6) is -1.02. The first kappa shape index (κ1) is 8.97. The Labute approximate surface area is 80.6 Å². The van der Waals surface area contributed by atoms with E-state index >= 15 is 0 Å². The maximum Gasteiger partial charge on any atom is 0.144 e. The monoisotopic (exact) mass is 192 g/mol. The number of halogens is 1. The number of phenols is 1. The summed E-state index contributed by atoms with van der Waals surface area (Å²) in [6.45, 7) is 0. The number of benzene rings is 1. The molecule has 14 heavy (non-hydrogen) atoms. The predicted molar refractivity (Wildman–Crippen MR) is 47.9 cm³/mol. The highest BCUT2D eigenvalue weighted by atomic mass is 19.1. The van der Waals surface area contributed by atoms with Crippen molar-refractivity contribution in [3.05, 3.63) is 29.1 Å². The maximum absolute atomic E-state index is 13.0. The van der Waals surface area contributed by atoms with Crippen LogP contribution in [-0.2, 0) is 5.54 Å². The highest BCUT2D eigenvalue weighted by Crippen LogP contribution is 2.47. The van der Waals surface area contributed by atoms with Crippen molar-refractivity contribution >= 4 is 0 Å². The molecule has 0 heterocycles. The Morgan fingerprint density at radius 2 is 2.14 bits per heavy atom. The van der Waals surface area contributed by atoms with Gasteiger partial charge in [-0.15, -0.1) is 0 Å². The minimum Gasteiger partial charge on any atom is -0.506 e. The fraction of sp³-hybridized carbons (Fsp3) is 0.300. The van der Waals surface area contributed by atoms with Crippen LogP contribution in [0.15, 0.2) is 12.1 Å². The fourth-order valence-electron chi connectivity index (χ4n) is 1.48. The molecule has 1 aromatic carbocycles. The average Bonchev–Trinajstić information content (AvgIpc) is 2.85. The van der Waals surface area contributed by atoms with Crippen LogP contribution < -0.4 is 5.73 Å². The van der Waals surface area contributed by atoms with Gasteiger partial charge in [0.2, 0.25) is 0 Å². The van der Waals surface area contributed by atoms with Gasteiger partial charge in [0.05, 0.1) is 0 Å². The molecule has 0 atom stereocenters. The second-order valence-electron chi connectivity index (χ2n) is 3.59. The van der Waals surface area contributed by atoms with Gasteiger partial charge in [0.15, 0.2) is 0 Å². The van der Waals surface area contributed by atoms with E-state index in [-0.39, 0.29) is 11.3 Å². The van der Waals surface area contributed by atoms with E-state index in [1.807, 2.05) is 0 Å². The molecule has 0 aromatic heterocycles. The van der Waals surface area contributed by atoms with Gasteiger partial charge >= 0.3 is 0 Å². The third-order valence-electron chi connectivity index (χ3n) is 2.56.